The summed E-state index contributed by atoms with van der Waals surface area (Å²) in [7, 11) is 0. The molecule has 0 aromatic carbocycles. The lowest BCUT2D eigenvalue weighted by Gasteiger charge is -2.42. The lowest BCUT2D eigenvalue weighted by Crippen LogP contribution is -2.61. The second-order valence-electron chi connectivity index (χ2n) is 19.7. The van der Waals surface area contributed by atoms with Gasteiger partial charge in [0.25, 0.3) is 0 Å². The van der Waals surface area contributed by atoms with Crippen molar-refractivity contribution in [3.05, 3.63) is 72.9 Å². The number of esters is 1. The average Bonchev–Trinajstić information content (AvgIpc) is 3.39. The summed E-state index contributed by atoms with van der Waals surface area (Å²) in [6, 6.07) is 0. The Hall–Kier alpha value is -2.57. The van der Waals surface area contributed by atoms with Crippen molar-refractivity contribution in [1.82, 2.24) is 0 Å². The van der Waals surface area contributed by atoms with Gasteiger partial charge in [-0.05, 0) is 83.5 Å². The molecule has 11 unspecified atom stereocenters. The number of allylic oxidation sites excluding steroid dienone is 12. The van der Waals surface area contributed by atoms with Crippen LogP contribution < -0.4 is 0 Å². The van der Waals surface area contributed by atoms with Crippen molar-refractivity contribution in [2.75, 3.05) is 33.0 Å². The molecular formula is C59H102O14. The quantitative estimate of drug-likeness (QED) is 0.0172. The largest absolute Gasteiger partial charge is 0.457 e. The number of carbonyl (C=O) groups excluding carboxylic acids is 1. The van der Waals surface area contributed by atoms with Gasteiger partial charge in [0.1, 0.15) is 54.9 Å². The lowest BCUT2D eigenvalue weighted by molar-refractivity contribution is -0.332. The summed E-state index contributed by atoms with van der Waals surface area (Å²) in [5, 5.41) is 72.3. The highest BCUT2D eigenvalue weighted by molar-refractivity contribution is 5.69. The molecule has 2 saturated heterocycles. The number of aliphatic hydroxyl groups is 7. The molecule has 7 N–H and O–H groups in total. The molecule has 2 rings (SSSR count). The van der Waals surface area contributed by atoms with Crippen molar-refractivity contribution in [1.29, 1.82) is 0 Å². The minimum atomic E-state index is -1.72. The summed E-state index contributed by atoms with van der Waals surface area (Å²) in [5.41, 5.74) is 0. The number of aliphatic hydroxyl groups excluding tert-OH is 7. The van der Waals surface area contributed by atoms with Crippen LogP contribution in [0, 0.1) is 0 Å². The van der Waals surface area contributed by atoms with E-state index in [1.807, 2.05) is 0 Å². The van der Waals surface area contributed by atoms with Crippen molar-refractivity contribution in [2.45, 2.75) is 261 Å². The van der Waals surface area contributed by atoms with E-state index in [-0.39, 0.29) is 19.6 Å². The number of ether oxygens (including phenoxy) is 6. The first kappa shape index (κ1) is 66.5. The molecule has 14 nitrogen and oxygen atoms in total. The Labute approximate surface area is 440 Å². The monoisotopic (exact) mass is 1030 g/mol. The minimum absolute atomic E-state index is 0.0440. The molecule has 2 heterocycles. The first-order valence-electron chi connectivity index (χ1n) is 28.5. The number of carbonyl (C=O) groups is 1. The molecule has 0 radical (unpaired) electrons. The van der Waals surface area contributed by atoms with Crippen LogP contribution in [-0.2, 0) is 33.2 Å². The van der Waals surface area contributed by atoms with Gasteiger partial charge in [0.2, 0.25) is 0 Å². The zero-order valence-electron chi connectivity index (χ0n) is 45.1. The normalized spacial score (nSPS) is 25.5. The van der Waals surface area contributed by atoms with E-state index < -0.39 is 86.7 Å². The first-order chi connectivity index (χ1) is 35.6. The maximum Gasteiger partial charge on any atom is 0.306 e. The molecule has 0 aliphatic carbocycles. The van der Waals surface area contributed by atoms with Crippen molar-refractivity contribution >= 4 is 5.97 Å². The summed E-state index contributed by atoms with van der Waals surface area (Å²) in [6.45, 7) is 3.53. The Morgan fingerprint density at radius 2 is 0.890 bits per heavy atom. The average molecular weight is 1040 g/mol. The molecule has 2 aliphatic heterocycles. The topological polar surface area (TPSA) is 214 Å². The van der Waals surface area contributed by atoms with Gasteiger partial charge in [-0.2, -0.15) is 0 Å². The van der Waals surface area contributed by atoms with E-state index in [4.69, 9.17) is 28.4 Å². The van der Waals surface area contributed by atoms with E-state index in [1.54, 1.807) is 0 Å². The summed E-state index contributed by atoms with van der Waals surface area (Å²) in [5.74, 6) is -0.408. The summed E-state index contributed by atoms with van der Waals surface area (Å²) in [4.78, 5) is 13.1. The molecule has 0 bridgehead atoms. The third-order valence-electron chi connectivity index (χ3n) is 13.2. The van der Waals surface area contributed by atoms with E-state index >= 15 is 0 Å². The van der Waals surface area contributed by atoms with Crippen LogP contribution >= 0.6 is 0 Å². The van der Waals surface area contributed by atoms with Crippen molar-refractivity contribution < 1.29 is 69.0 Å². The Balaban J connectivity index is 1.75. The highest BCUT2D eigenvalue weighted by Crippen LogP contribution is 2.26. The predicted octanol–water partition coefficient (Wildman–Crippen LogP) is 9.86. The van der Waals surface area contributed by atoms with E-state index in [1.165, 1.54) is 96.3 Å². The number of hydrogen-bond acceptors (Lipinski definition) is 14. The first-order valence-corrected chi connectivity index (χ1v) is 28.5. The fourth-order valence-corrected chi connectivity index (χ4v) is 8.60. The fourth-order valence-electron chi connectivity index (χ4n) is 8.60. The zero-order chi connectivity index (χ0) is 53.0. The van der Waals surface area contributed by atoms with Gasteiger partial charge < -0.3 is 64.2 Å². The maximum atomic E-state index is 13.1. The van der Waals surface area contributed by atoms with Crippen molar-refractivity contribution in [2.24, 2.45) is 0 Å². The molecule has 0 aromatic heterocycles. The Morgan fingerprint density at radius 3 is 1.41 bits per heavy atom. The van der Waals surface area contributed by atoms with E-state index in [2.05, 4.69) is 86.8 Å². The van der Waals surface area contributed by atoms with Gasteiger partial charge in [0.05, 0.1) is 26.4 Å². The fraction of sp³-hybridized carbons (Fsp3) is 0.780. The van der Waals surface area contributed by atoms with Crippen LogP contribution in [0.15, 0.2) is 72.9 Å². The minimum Gasteiger partial charge on any atom is -0.457 e. The molecule has 0 spiro atoms. The van der Waals surface area contributed by atoms with Crippen LogP contribution in [0.1, 0.15) is 194 Å². The standard InChI is InChI=1S/C59H102O14/c1-3-5-7-9-11-13-15-17-19-21-23-25-27-29-31-33-35-37-39-41-43-68-45-48(71-51(61)42-40-38-36-34-32-30-28-26-24-22-20-18-16-14-12-10-8-6-4-2)46-69-58-57(67)55(65)53(63)50(73-58)47-70-59-56(66)54(64)52(62)49(44-60)72-59/h6,8,12,14,17-20,24,26,30,32,48-50,52-60,62-67H,3-5,7,9-11,13,15-16,21-23,25,27-29,31,33-47H2,1-2H3/b8-6-,14-12-,19-17-,20-18-,26-24-,32-30-. The number of unbranched alkanes of at least 4 members (excludes halogenated alkanes) is 19. The van der Waals surface area contributed by atoms with Gasteiger partial charge >= 0.3 is 5.97 Å². The summed E-state index contributed by atoms with van der Waals surface area (Å²) < 4.78 is 34.3. The van der Waals surface area contributed by atoms with E-state index in [0.29, 0.717) is 13.0 Å². The van der Waals surface area contributed by atoms with Crippen LogP contribution in [0.5, 0.6) is 0 Å². The van der Waals surface area contributed by atoms with Crippen molar-refractivity contribution in [3.63, 3.8) is 0 Å². The molecule has 422 valence electrons. The number of hydrogen-bond donors (Lipinski definition) is 7. The zero-order valence-corrected chi connectivity index (χ0v) is 45.1. The van der Waals surface area contributed by atoms with Gasteiger partial charge in [0, 0.05) is 13.0 Å². The molecule has 14 heteroatoms. The molecule has 0 saturated carbocycles. The molecule has 0 aromatic rings. The second-order valence-corrected chi connectivity index (χ2v) is 19.7. The van der Waals surface area contributed by atoms with E-state index in [0.717, 1.165) is 70.6 Å². The Morgan fingerprint density at radius 1 is 0.466 bits per heavy atom. The van der Waals surface area contributed by atoms with Crippen LogP contribution in [0.4, 0.5) is 0 Å². The van der Waals surface area contributed by atoms with Gasteiger partial charge in [-0.3, -0.25) is 4.79 Å². The van der Waals surface area contributed by atoms with Crippen LogP contribution in [-0.4, -0.2) is 142 Å². The molecule has 2 fully saturated rings. The molecule has 0 amide bonds. The van der Waals surface area contributed by atoms with Gasteiger partial charge in [-0.25, -0.2) is 0 Å². The summed E-state index contributed by atoms with van der Waals surface area (Å²) in [6.07, 6.45) is 41.0. The smallest absolute Gasteiger partial charge is 0.306 e. The molecule has 11 atom stereocenters. The van der Waals surface area contributed by atoms with Crippen LogP contribution in [0.2, 0.25) is 0 Å². The molecule has 73 heavy (non-hydrogen) atoms. The van der Waals surface area contributed by atoms with Crippen LogP contribution in [0.3, 0.4) is 0 Å². The second kappa shape index (κ2) is 45.6. The van der Waals surface area contributed by atoms with E-state index in [9.17, 15) is 40.5 Å². The maximum absolute atomic E-state index is 13.1. The van der Waals surface area contributed by atoms with Crippen molar-refractivity contribution in [3.8, 4) is 0 Å². The Bertz CT molecular complexity index is 1480. The lowest BCUT2D eigenvalue weighted by atomic mass is 9.98. The van der Waals surface area contributed by atoms with Gasteiger partial charge in [-0.15, -0.1) is 0 Å². The SMILES string of the molecule is CC/C=C\C/C=C\C/C=C\C/C=C\C/C=C\CCCCCC(=O)OC(COCCCCCCCCCCCC/C=C\CCCCCCCC)COC1OC(COC2OC(CO)C(O)C(O)C2O)C(O)C(O)C1O. The Kier molecular flexibility index (Phi) is 41.6. The molecule has 2 aliphatic rings. The third kappa shape index (κ3) is 32.6. The predicted molar refractivity (Wildman–Crippen MR) is 289 cm³/mol. The molecular weight excluding hydrogens is 933 g/mol. The highest BCUT2D eigenvalue weighted by atomic mass is 16.7. The summed E-state index contributed by atoms with van der Waals surface area (Å²) >= 11 is 0. The van der Waals surface area contributed by atoms with Gasteiger partial charge in [0.15, 0.2) is 12.6 Å². The number of rotatable bonds is 45. The third-order valence-corrected chi connectivity index (χ3v) is 13.2. The van der Waals surface area contributed by atoms with Crippen LogP contribution in [0.25, 0.3) is 0 Å². The van der Waals surface area contributed by atoms with Gasteiger partial charge in [-0.1, -0.05) is 177 Å². The highest BCUT2D eigenvalue weighted by Gasteiger charge is 2.47.